The van der Waals surface area contributed by atoms with Crippen molar-refractivity contribution in [2.45, 2.75) is 59.6 Å². The maximum atomic E-state index is 13.5. The maximum absolute atomic E-state index is 13.5. The van der Waals surface area contributed by atoms with Crippen LogP contribution in [0.5, 0.6) is 0 Å². The van der Waals surface area contributed by atoms with Crippen molar-refractivity contribution in [3.63, 3.8) is 0 Å². The molecule has 2 nitrogen and oxygen atoms in total. The number of alkyl halides is 3. The maximum Gasteiger partial charge on any atom is 0.416 e. The third kappa shape index (κ3) is 4.59. The Morgan fingerprint density at radius 3 is 2.22 bits per heavy atom. The van der Waals surface area contributed by atoms with E-state index in [-0.39, 0.29) is 10.8 Å². The molecular weight excluding hydrogens is 477 g/mol. The predicted octanol–water partition coefficient (Wildman–Crippen LogP) is 9.57. The van der Waals surface area contributed by atoms with Crippen LogP contribution in [0.25, 0.3) is 42.3 Å². The molecule has 0 aliphatic heterocycles. The van der Waals surface area contributed by atoms with Crippen molar-refractivity contribution < 1.29 is 13.2 Å². The number of nitrogens with zero attached hydrogens (tertiary/aromatic N) is 2. The Balaban J connectivity index is 1.73. The highest BCUT2D eigenvalue weighted by Gasteiger charge is 2.31. The number of benzene rings is 3. The van der Waals surface area contributed by atoms with E-state index in [1.54, 1.807) is 23.7 Å². The first kappa shape index (κ1) is 24.7. The Morgan fingerprint density at radius 1 is 0.806 bits per heavy atom. The van der Waals surface area contributed by atoms with E-state index in [4.69, 9.17) is 0 Å². The lowest BCUT2D eigenvalue weighted by molar-refractivity contribution is -0.137. The van der Waals surface area contributed by atoms with Gasteiger partial charge in [0, 0.05) is 15.6 Å². The van der Waals surface area contributed by atoms with Crippen molar-refractivity contribution in [3.05, 3.63) is 71.5 Å². The second kappa shape index (κ2) is 8.27. The van der Waals surface area contributed by atoms with Crippen molar-refractivity contribution in [2.75, 3.05) is 0 Å². The van der Waals surface area contributed by atoms with E-state index in [2.05, 4.69) is 48.9 Å². The van der Waals surface area contributed by atoms with Gasteiger partial charge in [-0.3, -0.25) is 0 Å². The standard InChI is InChI=1S/C30H29F3N2S/c1-28(2,3)15-17-7-10-21-24(11-17)36-27-25(34-16-35-26(21)27)19-12-18-8-9-20(30(31,32)33)14-22(18)23(13-19)29(4,5)6/h7-14,16H,15H2,1-6H3. The van der Waals surface area contributed by atoms with Crippen LogP contribution in [0.1, 0.15) is 58.2 Å². The summed E-state index contributed by atoms with van der Waals surface area (Å²) in [5.74, 6) is 0. The lowest BCUT2D eigenvalue weighted by Crippen LogP contribution is -2.13. The molecule has 5 rings (SSSR count). The molecule has 0 saturated heterocycles. The van der Waals surface area contributed by atoms with Crippen LogP contribution in [0.2, 0.25) is 0 Å². The minimum atomic E-state index is -4.39. The summed E-state index contributed by atoms with van der Waals surface area (Å²) in [4.78, 5) is 9.27. The van der Waals surface area contributed by atoms with Gasteiger partial charge in [0.1, 0.15) is 6.33 Å². The summed E-state index contributed by atoms with van der Waals surface area (Å²) in [5, 5.41) is 2.49. The summed E-state index contributed by atoms with van der Waals surface area (Å²) in [6.07, 6.45) is -1.82. The van der Waals surface area contributed by atoms with Gasteiger partial charge >= 0.3 is 6.18 Å². The fourth-order valence-corrected chi connectivity index (χ4v) is 6.07. The van der Waals surface area contributed by atoms with Gasteiger partial charge in [0.25, 0.3) is 0 Å². The van der Waals surface area contributed by atoms with E-state index in [0.717, 1.165) is 50.3 Å². The molecule has 0 unspecified atom stereocenters. The third-order valence-electron chi connectivity index (χ3n) is 6.41. The first-order chi connectivity index (χ1) is 16.7. The van der Waals surface area contributed by atoms with Gasteiger partial charge < -0.3 is 0 Å². The van der Waals surface area contributed by atoms with E-state index < -0.39 is 11.7 Å². The largest absolute Gasteiger partial charge is 0.416 e. The van der Waals surface area contributed by atoms with Crippen molar-refractivity contribution in [2.24, 2.45) is 5.41 Å². The molecule has 0 radical (unpaired) electrons. The van der Waals surface area contributed by atoms with E-state index in [0.29, 0.717) is 5.39 Å². The monoisotopic (exact) mass is 506 g/mol. The lowest BCUT2D eigenvalue weighted by atomic mass is 9.82. The zero-order valence-corrected chi connectivity index (χ0v) is 22.2. The average molecular weight is 507 g/mol. The minimum Gasteiger partial charge on any atom is -0.235 e. The fourth-order valence-electron chi connectivity index (χ4n) is 4.84. The molecule has 36 heavy (non-hydrogen) atoms. The van der Waals surface area contributed by atoms with E-state index in [1.807, 2.05) is 32.9 Å². The van der Waals surface area contributed by atoms with Crippen LogP contribution in [-0.2, 0) is 18.0 Å². The number of thiophene rings is 1. The smallest absolute Gasteiger partial charge is 0.235 e. The number of halogens is 3. The summed E-state index contributed by atoms with van der Waals surface area (Å²) in [7, 11) is 0. The molecular formula is C30H29F3N2S. The number of rotatable bonds is 2. The fraction of sp³-hybridized carbons (Fsp3) is 0.333. The quantitative estimate of drug-likeness (QED) is 0.238. The second-order valence-electron chi connectivity index (χ2n) is 11.8. The Bertz CT molecular complexity index is 1620. The van der Waals surface area contributed by atoms with E-state index in [9.17, 15) is 13.2 Å². The van der Waals surface area contributed by atoms with Crippen LogP contribution in [0, 0.1) is 5.41 Å². The molecule has 0 N–H and O–H groups in total. The molecule has 0 aliphatic carbocycles. The van der Waals surface area contributed by atoms with Gasteiger partial charge in [-0.05, 0) is 69.5 Å². The zero-order chi connectivity index (χ0) is 26.0. The van der Waals surface area contributed by atoms with Gasteiger partial charge in [-0.25, -0.2) is 9.97 Å². The molecule has 0 atom stereocenters. The SMILES string of the molecule is CC(C)(C)Cc1ccc2c(c1)sc1c(-c3cc(C(C)(C)C)c4cc(C(F)(F)F)ccc4c3)ncnc12. The molecule has 0 bridgehead atoms. The van der Waals surface area contributed by atoms with Gasteiger partial charge in [-0.15, -0.1) is 11.3 Å². The van der Waals surface area contributed by atoms with Gasteiger partial charge in [0.05, 0.1) is 21.5 Å². The summed E-state index contributed by atoms with van der Waals surface area (Å²) < 4.78 is 42.6. The van der Waals surface area contributed by atoms with Crippen molar-refractivity contribution in [1.29, 1.82) is 0 Å². The average Bonchev–Trinajstić information content (AvgIpc) is 3.13. The van der Waals surface area contributed by atoms with Crippen LogP contribution in [0.15, 0.2) is 54.9 Å². The first-order valence-electron chi connectivity index (χ1n) is 12.0. The van der Waals surface area contributed by atoms with Gasteiger partial charge in [-0.2, -0.15) is 13.2 Å². The molecule has 5 aromatic rings. The molecule has 2 heterocycles. The van der Waals surface area contributed by atoms with Gasteiger partial charge in [0.15, 0.2) is 0 Å². The highest BCUT2D eigenvalue weighted by molar-refractivity contribution is 7.26. The molecule has 6 heteroatoms. The molecule has 3 aromatic carbocycles. The highest BCUT2D eigenvalue weighted by atomic mass is 32.1. The summed E-state index contributed by atoms with van der Waals surface area (Å²) in [5.41, 5.74) is 3.97. The molecule has 0 spiro atoms. The van der Waals surface area contributed by atoms with E-state index >= 15 is 0 Å². The third-order valence-corrected chi connectivity index (χ3v) is 7.56. The van der Waals surface area contributed by atoms with E-state index in [1.165, 1.54) is 16.3 Å². The molecule has 0 saturated carbocycles. The number of aromatic nitrogens is 2. The number of fused-ring (bicyclic) bond motifs is 4. The minimum absolute atomic E-state index is 0.190. The van der Waals surface area contributed by atoms with Crippen molar-refractivity contribution in [3.8, 4) is 11.3 Å². The summed E-state index contributed by atoms with van der Waals surface area (Å²) in [6, 6.07) is 14.5. The number of hydrogen-bond donors (Lipinski definition) is 0. The lowest BCUT2D eigenvalue weighted by Gasteiger charge is -2.23. The van der Waals surface area contributed by atoms with Crippen LogP contribution in [-0.4, -0.2) is 9.97 Å². The molecule has 0 fully saturated rings. The van der Waals surface area contributed by atoms with Crippen LogP contribution in [0.4, 0.5) is 13.2 Å². The molecule has 2 aromatic heterocycles. The second-order valence-corrected chi connectivity index (χ2v) is 12.8. The molecule has 0 aliphatic rings. The number of hydrogen-bond acceptors (Lipinski definition) is 3. The summed E-state index contributed by atoms with van der Waals surface area (Å²) >= 11 is 1.67. The molecule has 0 amide bonds. The topological polar surface area (TPSA) is 25.8 Å². The predicted molar refractivity (Wildman–Crippen MR) is 145 cm³/mol. The Morgan fingerprint density at radius 2 is 1.56 bits per heavy atom. The zero-order valence-electron chi connectivity index (χ0n) is 21.3. The van der Waals surface area contributed by atoms with Crippen LogP contribution in [0.3, 0.4) is 0 Å². The molecule has 186 valence electrons. The van der Waals surface area contributed by atoms with Gasteiger partial charge in [-0.1, -0.05) is 59.7 Å². The van der Waals surface area contributed by atoms with Crippen molar-refractivity contribution in [1.82, 2.24) is 9.97 Å². The van der Waals surface area contributed by atoms with Crippen LogP contribution >= 0.6 is 11.3 Å². The highest BCUT2D eigenvalue weighted by Crippen LogP contribution is 2.42. The van der Waals surface area contributed by atoms with Gasteiger partial charge in [0.2, 0.25) is 0 Å². The first-order valence-corrected chi connectivity index (χ1v) is 12.8. The normalized spacial score (nSPS) is 13.2. The Kier molecular flexibility index (Phi) is 5.67. The summed E-state index contributed by atoms with van der Waals surface area (Å²) in [6.45, 7) is 12.8. The van der Waals surface area contributed by atoms with Crippen LogP contribution < -0.4 is 0 Å². The Labute approximate surface area is 213 Å². The Hall–Kier alpha value is -2.99. The van der Waals surface area contributed by atoms with Crippen molar-refractivity contribution >= 4 is 42.4 Å².